The molecule has 0 saturated heterocycles. The van der Waals surface area contributed by atoms with Gasteiger partial charge >= 0.3 is 0 Å². The van der Waals surface area contributed by atoms with E-state index >= 15 is 0 Å². The molecule has 3 aromatic carbocycles. The molecule has 0 bridgehead atoms. The van der Waals surface area contributed by atoms with Crippen LogP contribution in [0.25, 0.3) is 9.81 Å². The van der Waals surface area contributed by atoms with Crippen molar-refractivity contribution in [2.75, 3.05) is 6.54 Å². The zero-order valence-corrected chi connectivity index (χ0v) is 19.7. The van der Waals surface area contributed by atoms with Crippen molar-refractivity contribution >= 4 is 38.9 Å². The van der Waals surface area contributed by atoms with Crippen LogP contribution in [0.2, 0.25) is 0 Å². The molecule has 1 aliphatic rings. The summed E-state index contributed by atoms with van der Waals surface area (Å²) in [5.41, 5.74) is 2.99. The van der Waals surface area contributed by atoms with E-state index in [1.54, 1.807) is 23.9 Å². The summed E-state index contributed by atoms with van der Waals surface area (Å²) in [5, 5.41) is 8.39. The molecule has 0 saturated carbocycles. The highest BCUT2D eigenvalue weighted by molar-refractivity contribution is 8.17. The van der Waals surface area contributed by atoms with Gasteiger partial charge in [0.05, 0.1) is 4.90 Å². The predicted molar refractivity (Wildman–Crippen MR) is 134 cm³/mol. The maximum absolute atomic E-state index is 13.8. The molecule has 32 heavy (non-hydrogen) atoms. The number of sulfonamides is 1. The first kappa shape index (κ1) is 22.8. The highest BCUT2D eigenvalue weighted by Crippen LogP contribution is 2.58. The molecule has 0 atom stereocenters. The highest BCUT2D eigenvalue weighted by Gasteiger charge is 2.25. The van der Waals surface area contributed by atoms with Gasteiger partial charge in [-0.3, -0.25) is 9.65 Å². The fourth-order valence-corrected chi connectivity index (χ4v) is 7.68. The summed E-state index contributed by atoms with van der Waals surface area (Å²) < 4.78 is 36.6. The number of nitrogens with two attached hydrogens (primary N) is 1. The van der Waals surface area contributed by atoms with Crippen molar-refractivity contribution in [3.63, 3.8) is 0 Å². The van der Waals surface area contributed by atoms with E-state index in [0.29, 0.717) is 13.0 Å². The zero-order valence-electron chi connectivity index (χ0n) is 17.2. The van der Waals surface area contributed by atoms with Crippen LogP contribution in [0.1, 0.15) is 16.7 Å². The molecule has 5 nitrogen and oxygen atoms in total. The molecule has 0 radical (unpaired) electrons. The molecule has 164 valence electrons. The van der Waals surface area contributed by atoms with Gasteiger partial charge in [-0.1, -0.05) is 84.6 Å². The smallest absolute Gasteiger partial charge is 0.238 e. The molecule has 0 spiro atoms. The Labute approximate surface area is 192 Å². The van der Waals surface area contributed by atoms with Crippen molar-refractivity contribution < 1.29 is 13.0 Å². The van der Waals surface area contributed by atoms with Gasteiger partial charge in [0.2, 0.25) is 10.0 Å². The van der Waals surface area contributed by atoms with Gasteiger partial charge in [-0.25, -0.2) is 13.6 Å². The average Bonchev–Trinajstić information content (AvgIpc) is 2.79. The third kappa shape index (κ3) is 5.68. The van der Waals surface area contributed by atoms with Crippen molar-refractivity contribution in [3.05, 3.63) is 113 Å². The van der Waals surface area contributed by atoms with Crippen molar-refractivity contribution in [2.45, 2.75) is 11.3 Å². The topological polar surface area (TPSA) is 89.3 Å². The summed E-state index contributed by atoms with van der Waals surface area (Å²) >= 11 is 1.61. The lowest BCUT2D eigenvalue weighted by Crippen LogP contribution is -2.14. The third-order valence-electron chi connectivity index (χ3n) is 4.98. The number of primary sulfonamides is 1. The Hall–Kier alpha value is -2.41. The molecule has 8 heteroatoms. The van der Waals surface area contributed by atoms with Crippen LogP contribution < -0.4 is 10.2 Å². The molecule has 1 heterocycles. The van der Waals surface area contributed by atoms with Gasteiger partial charge < -0.3 is 0 Å². The summed E-state index contributed by atoms with van der Waals surface area (Å²) in [6.07, 6.45) is 0.602. The molecule has 0 amide bonds. The third-order valence-corrected chi connectivity index (χ3v) is 9.41. The van der Waals surface area contributed by atoms with Gasteiger partial charge in [-0.15, -0.1) is 0 Å². The second-order valence-corrected chi connectivity index (χ2v) is 12.3. The first-order chi connectivity index (χ1) is 15.3. The number of hydrogen-bond acceptors (Lipinski definition) is 4. The second kappa shape index (κ2) is 9.61. The standard InChI is InChI=1S/C24H23N2O3PS2/c25-32(28,29)22-13-11-19(12-14-22)15-16-26-30(27)17-23(20-7-3-1-4-8-20)31-24(18-30)21-9-5-2-6-10-21/h1-14,17-18H,15-16H2,(H,26,27)(H2,25,28,29). The summed E-state index contributed by atoms with van der Waals surface area (Å²) in [4.78, 5) is 2.00. The maximum atomic E-state index is 13.8. The average molecular weight is 483 g/mol. The van der Waals surface area contributed by atoms with Gasteiger partial charge in [-0.05, 0) is 35.2 Å². The Morgan fingerprint density at radius 2 is 1.28 bits per heavy atom. The minimum absolute atomic E-state index is 0.0807. The van der Waals surface area contributed by atoms with Crippen molar-refractivity contribution in [1.29, 1.82) is 0 Å². The van der Waals surface area contributed by atoms with Crippen molar-refractivity contribution in [1.82, 2.24) is 5.09 Å². The van der Waals surface area contributed by atoms with E-state index in [2.05, 4.69) is 5.09 Å². The first-order valence-electron chi connectivity index (χ1n) is 10.0. The van der Waals surface area contributed by atoms with Crippen LogP contribution in [-0.2, 0) is 21.0 Å². The molecule has 3 aromatic rings. The van der Waals surface area contributed by atoms with Gasteiger partial charge in [0.15, 0.2) is 7.29 Å². The van der Waals surface area contributed by atoms with E-state index in [0.717, 1.165) is 26.5 Å². The van der Waals surface area contributed by atoms with Crippen LogP contribution in [0, 0.1) is 0 Å². The predicted octanol–water partition coefficient (Wildman–Crippen LogP) is 5.49. The Balaban J connectivity index is 1.55. The van der Waals surface area contributed by atoms with Crippen LogP contribution >= 0.6 is 19.1 Å². The number of nitrogens with one attached hydrogen (secondary N) is 1. The van der Waals surface area contributed by atoms with Crippen LogP contribution in [0.15, 0.2) is 101 Å². The Morgan fingerprint density at radius 3 is 1.75 bits per heavy atom. The normalized spacial score (nSPS) is 15.7. The number of thioether (sulfide) groups is 1. The first-order valence-corrected chi connectivity index (χ1v) is 14.2. The van der Waals surface area contributed by atoms with Crippen molar-refractivity contribution in [2.24, 2.45) is 5.14 Å². The molecule has 0 fully saturated rings. The molecule has 3 N–H and O–H groups in total. The lowest BCUT2D eigenvalue weighted by molar-refractivity contribution is 0.577. The lowest BCUT2D eigenvalue weighted by Gasteiger charge is -2.22. The molecular formula is C24H23N2O3PS2. The zero-order chi connectivity index (χ0) is 22.6. The Kier molecular flexibility index (Phi) is 6.84. The van der Waals surface area contributed by atoms with Gasteiger partial charge in [-0.2, -0.15) is 0 Å². The monoisotopic (exact) mass is 482 g/mol. The highest BCUT2D eigenvalue weighted by atomic mass is 32.2. The van der Waals surface area contributed by atoms with Crippen molar-refractivity contribution in [3.8, 4) is 0 Å². The number of hydrogen-bond donors (Lipinski definition) is 2. The van der Waals surface area contributed by atoms with Gasteiger partial charge in [0.25, 0.3) is 0 Å². The summed E-state index contributed by atoms with van der Waals surface area (Å²) in [5.74, 6) is 3.67. The van der Waals surface area contributed by atoms with Gasteiger partial charge in [0.1, 0.15) is 0 Å². The Bertz CT molecular complexity index is 1240. The molecule has 0 unspecified atom stereocenters. The van der Waals surface area contributed by atoms with Crippen LogP contribution in [0.3, 0.4) is 0 Å². The molecule has 1 aliphatic heterocycles. The molecule has 0 aliphatic carbocycles. The van der Waals surface area contributed by atoms with E-state index in [-0.39, 0.29) is 4.90 Å². The fourth-order valence-electron chi connectivity index (χ4n) is 3.34. The maximum Gasteiger partial charge on any atom is 0.238 e. The minimum atomic E-state index is -3.71. The fraction of sp³-hybridized carbons (Fsp3) is 0.0833. The van der Waals surface area contributed by atoms with Crippen LogP contribution in [-0.4, -0.2) is 15.0 Å². The lowest BCUT2D eigenvalue weighted by atomic mass is 10.2. The Morgan fingerprint density at radius 1 is 0.781 bits per heavy atom. The van der Waals surface area contributed by atoms with E-state index in [1.807, 2.05) is 72.3 Å². The summed E-state index contributed by atoms with van der Waals surface area (Å²) in [6.45, 7) is 0.480. The van der Waals surface area contributed by atoms with Crippen LogP contribution in [0.5, 0.6) is 0 Å². The quantitative estimate of drug-likeness (QED) is 0.435. The van der Waals surface area contributed by atoms with E-state index in [1.165, 1.54) is 12.1 Å². The number of rotatable bonds is 7. The van der Waals surface area contributed by atoms with Crippen LogP contribution in [0.4, 0.5) is 0 Å². The molecule has 0 aromatic heterocycles. The van der Waals surface area contributed by atoms with E-state index in [4.69, 9.17) is 5.14 Å². The summed E-state index contributed by atoms with van der Waals surface area (Å²) in [7, 11) is -6.65. The minimum Gasteiger partial charge on any atom is -0.298 e. The van der Waals surface area contributed by atoms with E-state index < -0.39 is 17.3 Å². The number of benzene rings is 3. The molecular weight excluding hydrogens is 459 g/mol. The summed E-state index contributed by atoms with van der Waals surface area (Å²) in [6, 6.07) is 26.3. The second-order valence-electron chi connectivity index (χ2n) is 7.38. The largest absolute Gasteiger partial charge is 0.298 e. The van der Waals surface area contributed by atoms with E-state index in [9.17, 15) is 13.0 Å². The molecule has 4 rings (SSSR count). The van der Waals surface area contributed by atoms with Gasteiger partial charge in [0, 0.05) is 28.0 Å². The SMILES string of the molecule is NS(=O)(=O)c1ccc(CCNP2(=O)C=C(c3ccccc3)SC(c3ccccc3)=C2)cc1.